The number of hydrogen-bond acceptors (Lipinski definition) is 3. The third-order valence-corrected chi connectivity index (χ3v) is 2.50. The fourth-order valence-electron chi connectivity index (χ4n) is 0.879. The van der Waals surface area contributed by atoms with Gasteiger partial charge >= 0.3 is 6.18 Å². The Bertz CT molecular complexity index is 282. The van der Waals surface area contributed by atoms with Gasteiger partial charge in [-0.3, -0.25) is 0 Å². The van der Waals surface area contributed by atoms with Gasteiger partial charge in [-0.05, 0) is 6.92 Å². The molecule has 0 saturated heterocycles. The summed E-state index contributed by atoms with van der Waals surface area (Å²) in [5.74, 6) is 0. The molecule has 74 valence electrons. The van der Waals surface area contributed by atoms with Crippen molar-refractivity contribution < 1.29 is 13.2 Å². The van der Waals surface area contributed by atoms with Crippen molar-refractivity contribution in [2.75, 3.05) is 0 Å². The Kier molecular flexibility index (Phi) is 2.92. The minimum absolute atomic E-state index is 0.342. The lowest BCUT2D eigenvalue weighted by molar-refractivity contribution is -0.138. The number of alkyl halides is 3. The number of nitrogens with two attached hydrogens (primary N) is 1. The van der Waals surface area contributed by atoms with Crippen LogP contribution in [0.4, 0.5) is 13.2 Å². The van der Waals surface area contributed by atoms with Crippen LogP contribution in [0.3, 0.4) is 0 Å². The van der Waals surface area contributed by atoms with E-state index in [4.69, 9.17) is 5.73 Å². The predicted molar refractivity (Wildman–Crippen MR) is 44.5 cm³/mol. The SMILES string of the molecule is Cc1csc(C(N)CC(F)(F)F)n1. The summed E-state index contributed by atoms with van der Waals surface area (Å²) in [5, 5.41) is 2.03. The first-order valence-electron chi connectivity index (χ1n) is 3.63. The summed E-state index contributed by atoms with van der Waals surface area (Å²) in [7, 11) is 0. The Morgan fingerprint density at radius 1 is 1.62 bits per heavy atom. The monoisotopic (exact) mass is 210 g/mol. The molecule has 1 aromatic heterocycles. The number of hydrogen-bond donors (Lipinski definition) is 1. The van der Waals surface area contributed by atoms with Gasteiger partial charge in [-0.25, -0.2) is 4.98 Å². The Morgan fingerprint density at radius 2 is 2.23 bits per heavy atom. The van der Waals surface area contributed by atoms with Gasteiger partial charge in [0, 0.05) is 11.1 Å². The van der Waals surface area contributed by atoms with Crippen LogP contribution in [0.2, 0.25) is 0 Å². The molecule has 0 saturated carbocycles. The fourth-order valence-corrected chi connectivity index (χ4v) is 1.68. The van der Waals surface area contributed by atoms with E-state index in [9.17, 15) is 13.2 Å². The summed E-state index contributed by atoms with van der Waals surface area (Å²) in [5.41, 5.74) is 6.03. The molecule has 1 rings (SSSR count). The lowest BCUT2D eigenvalue weighted by atomic mass is 10.2. The number of aromatic nitrogens is 1. The first-order chi connectivity index (χ1) is 5.88. The number of aryl methyl sites for hydroxylation is 1. The van der Waals surface area contributed by atoms with E-state index >= 15 is 0 Å². The second-order valence-electron chi connectivity index (χ2n) is 2.75. The van der Waals surface area contributed by atoms with E-state index in [2.05, 4.69) is 4.98 Å². The van der Waals surface area contributed by atoms with Gasteiger partial charge in [0.15, 0.2) is 0 Å². The first-order valence-corrected chi connectivity index (χ1v) is 4.51. The van der Waals surface area contributed by atoms with E-state index in [-0.39, 0.29) is 0 Å². The van der Waals surface area contributed by atoms with Gasteiger partial charge in [0.1, 0.15) is 5.01 Å². The van der Waals surface area contributed by atoms with Crippen LogP contribution in [0, 0.1) is 6.92 Å². The maximum Gasteiger partial charge on any atom is 0.391 e. The molecule has 1 heterocycles. The van der Waals surface area contributed by atoms with Crippen LogP contribution in [0.25, 0.3) is 0 Å². The van der Waals surface area contributed by atoms with Crippen LogP contribution < -0.4 is 5.73 Å². The fraction of sp³-hybridized carbons (Fsp3) is 0.571. The van der Waals surface area contributed by atoms with Crippen LogP contribution in [0.15, 0.2) is 5.38 Å². The van der Waals surface area contributed by atoms with E-state index in [1.165, 1.54) is 0 Å². The number of thiazole rings is 1. The zero-order chi connectivity index (χ0) is 10.1. The Balaban J connectivity index is 2.64. The van der Waals surface area contributed by atoms with E-state index in [1.54, 1.807) is 12.3 Å². The second-order valence-corrected chi connectivity index (χ2v) is 3.64. The third kappa shape index (κ3) is 3.31. The highest BCUT2D eigenvalue weighted by atomic mass is 32.1. The van der Waals surface area contributed by atoms with Crippen LogP contribution >= 0.6 is 11.3 Å². The molecule has 0 radical (unpaired) electrons. The summed E-state index contributed by atoms with van der Waals surface area (Å²) in [6, 6.07) is -1.03. The van der Waals surface area contributed by atoms with Crippen LogP contribution in [0.1, 0.15) is 23.2 Å². The van der Waals surface area contributed by atoms with E-state index in [0.717, 1.165) is 11.3 Å². The quantitative estimate of drug-likeness (QED) is 0.814. The smallest absolute Gasteiger partial charge is 0.322 e. The van der Waals surface area contributed by atoms with Gasteiger partial charge in [0.25, 0.3) is 0 Å². The van der Waals surface area contributed by atoms with Gasteiger partial charge in [-0.2, -0.15) is 13.2 Å². The van der Waals surface area contributed by atoms with Crippen molar-refractivity contribution in [3.63, 3.8) is 0 Å². The molecule has 13 heavy (non-hydrogen) atoms. The van der Waals surface area contributed by atoms with Crippen molar-refractivity contribution in [3.8, 4) is 0 Å². The summed E-state index contributed by atoms with van der Waals surface area (Å²) in [4.78, 5) is 3.89. The molecular weight excluding hydrogens is 201 g/mol. The van der Waals surface area contributed by atoms with Gasteiger partial charge in [0.2, 0.25) is 0 Å². The summed E-state index contributed by atoms with van der Waals surface area (Å²) in [6.07, 6.45) is -5.24. The van der Waals surface area contributed by atoms with E-state index < -0.39 is 18.6 Å². The average molecular weight is 210 g/mol. The molecular formula is C7H9F3N2S. The Hall–Kier alpha value is -0.620. The van der Waals surface area contributed by atoms with Crippen molar-refractivity contribution in [1.29, 1.82) is 0 Å². The van der Waals surface area contributed by atoms with E-state index in [0.29, 0.717) is 10.7 Å². The number of rotatable bonds is 2. The van der Waals surface area contributed by atoms with Crippen LogP contribution in [-0.4, -0.2) is 11.2 Å². The molecule has 0 aliphatic carbocycles. The predicted octanol–water partition coefficient (Wildman–Crippen LogP) is 2.40. The Morgan fingerprint density at radius 3 is 2.62 bits per heavy atom. The topological polar surface area (TPSA) is 38.9 Å². The summed E-state index contributed by atoms with van der Waals surface area (Å²) < 4.78 is 35.7. The van der Waals surface area contributed by atoms with Gasteiger partial charge < -0.3 is 5.73 Å². The van der Waals surface area contributed by atoms with Gasteiger partial charge in [-0.15, -0.1) is 11.3 Å². The minimum Gasteiger partial charge on any atom is -0.322 e. The molecule has 0 aliphatic rings. The Labute approximate surface area is 77.6 Å². The lowest BCUT2D eigenvalue weighted by Gasteiger charge is -2.10. The second kappa shape index (κ2) is 3.63. The van der Waals surface area contributed by atoms with E-state index in [1.807, 2.05) is 0 Å². The summed E-state index contributed by atoms with van der Waals surface area (Å²) >= 11 is 1.16. The highest BCUT2D eigenvalue weighted by Gasteiger charge is 2.31. The van der Waals surface area contributed by atoms with Crippen LogP contribution in [-0.2, 0) is 0 Å². The molecule has 0 amide bonds. The summed E-state index contributed by atoms with van der Waals surface area (Å²) in [6.45, 7) is 1.72. The molecule has 0 spiro atoms. The van der Waals surface area contributed by atoms with Crippen molar-refractivity contribution in [1.82, 2.24) is 4.98 Å². The van der Waals surface area contributed by atoms with Crippen molar-refractivity contribution in [2.24, 2.45) is 5.73 Å². The molecule has 1 atom stereocenters. The molecule has 6 heteroatoms. The number of halogens is 3. The van der Waals surface area contributed by atoms with Gasteiger partial charge in [-0.1, -0.05) is 0 Å². The lowest BCUT2D eigenvalue weighted by Crippen LogP contribution is -2.20. The maximum atomic E-state index is 11.9. The minimum atomic E-state index is -4.22. The molecule has 0 bridgehead atoms. The zero-order valence-electron chi connectivity index (χ0n) is 6.93. The molecule has 2 N–H and O–H groups in total. The molecule has 0 fully saturated rings. The first kappa shape index (κ1) is 10.5. The average Bonchev–Trinajstić information content (AvgIpc) is 2.31. The highest BCUT2D eigenvalue weighted by Crippen LogP contribution is 2.29. The standard InChI is InChI=1S/C7H9F3N2S/c1-4-3-13-6(12-4)5(11)2-7(8,9)10/h3,5H,2,11H2,1H3. The highest BCUT2D eigenvalue weighted by molar-refractivity contribution is 7.09. The molecule has 0 aromatic carbocycles. The largest absolute Gasteiger partial charge is 0.391 e. The molecule has 1 aromatic rings. The molecule has 0 aliphatic heterocycles. The maximum absolute atomic E-state index is 11.9. The zero-order valence-corrected chi connectivity index (χ0v) is 7.75. The van der Waals surface area contributed by atoms with Crippen molar-refractivity contribution in [2.45, 2.75) is 25.6 Å². The number of nitrogens with zero attached hydrogens (tertiary/aromatic N) is 1. The molecule has 1 unspecified atom stereocenters. The van der Waals surface area contributed by atoms with Crippen molar-refractivity contribution >= 4 is 11.3 Å². The van der Waals surface area contributed by atoms with Crippen LogP contribution in [0.5, 0.6) is 0 Å². The normalized spacial score (nSPS) is 14.5. The van der Waals surface area contributed by atoms with Crippen molar-refractivity contribution in [3.05, 3.63) is 16.1 Å². The third-order valence-electron chi connectivity index (χ3n) is 1.41. The van der Waals surface area contributed by atoms with Gasteiger partial charge in [0.05, 0.1) is 12.5 Å². The molecule has 2 nitrogen and oxygen atoms in total.